The van der Waals surface area contributed by atoms with Crippen molar-refractivity contribution < 1.29 is 9.53 Å². The second-order valence-electron chi connectivity index (χ2n) is 4.60. The van der Waals surface area contributed by atoms with Crippen molar-refractivity contribution in [2.45, 2.75) is 51.3 Å². The Morgan fingerprint density at radius 3 is 2.79 bits per heavy atom. The first-order valence-electron chi connectivity index (χ1n) is 5.11. The molecule has 4 nitrogen and oxygen atoms in total. The lowest BCUT2D eigenvalue weighted by molar-refractivity contribution is -0.125. The highest BCUT2D eigenvalue weighted by molar-refractivity contribution is 5.81. The smallest absolute Gasteiger partial charge is 0.236 e. The van der Waals surface area contributed by atoms with Crippen LogP contribution in [0.2, 0.25) is 0 Å². The largest absolute Gasteiger partial charge is 0.375 e. The number of hydrogen-bond acceptors (Lipinski definition) is 3. The van der Waals surface area contributed by atoms with Crippen LogP contribution in [0.4, 0.5) is 0 Å². The van der Waals surface area contributed by atoms with Crippen molar-refractivity contribution >= 4 is 5.91 Å². The fourth-order valence-corrected chi connectivity index (χ4v) is 1.69. The number of nitrogens with one attached hydrogen (secondary N) is 1. The molecular weight excluding hydrogens is 180 g/mol. The SMILES string of the molecule is CC(N)C(=O)NC1CCOC(C)(C)C1. The molecule has 0 aliphatic carbocycles. The van der Waals surface area contributed by atoms with Gasteiger partial charge in [0.05, 0.1) is 11.6 Å². The van der Waals surface area contributed by atoms with Crippen molar-refractivity contribution in [3.05, 3.63) is 0 Å². The Morgan fingerprint density at radius 2 is 2.29 bits per heavy atom. The van der Waals surface area contributed by atoms with E-state index in [1.165, 1.54) is 0 Å². The Bertz CT molecular complexity index is 214. The van der Waals surface area contributed by atoms with Crippen LogP contribution in [-0.2, 0) is 9.53 Å². The highest BCUT2D eigenvalue weighted by Crippen LogP contribution is 2.23. The van der Waals surface area contributed by atoms with Gasteiger partial charge in [0.25, 0.3) is 0 Å². The third-order valence-electron chi connectivity index (χ3n) is 2.46. The Hall–Kier alpha value is -0.610. The Labute approximate surface area is 85.2 Å². The van der Waals surface area contributed by atoms with Gasteiger partial charge >= 0.3 is 0 Å². The average Bonchev–Trinajstić information content (AvgIpc) is 2.01. The summed E-state index contributed by atoms with van der Waals surface area (Å²) in [5.41, 5.74) is 5.35. The first-order chi connectivity index (χ1) is 6.41. The summed E-state index contributed by atoms with van der Waals surface area (Å²) in [6.07, 6.45) is 1.73. The van der Waals surface area contributed by atoms with Gasteiger partial charge in [-0.25, -0.2) is 0 Å². The maximum absolute atomic E-state index is 11.3. The van der Waals surface area contributed by atoms with Gasteiger partial charge in [0.15, 0.2) is 0 Å². The fraction of sp³-hybridized carbons (Fsp3) is 0.900. The zero-order chi connectivity index (χ0) is 10.8. The van der Waals surface area contributed by atoms with E-state index in [4.69, 9.17) is 10.5 Å². The van der Waals surface area contributed by atoms with Crippen LogP contribution in [0.1, 0.15) is 33.6 Å². The molecule has 1 fully saturated rings. The van der Waals surface area contributed by atoms with E-state index in [0.717, 1.165) is 12.8 Å². The first kappa shape index (κ1) is 11.5. The molecule has 0 aromatic carbocycles. The van der Waals surface area contributed by atoms with Gasteiger partial charge in [0, 0.05) is 12.6 Å². The number of carbonyl (C=O) groups is 1. The highest BCUT2D eigenvalue weighted by Gasteiger charge is 2.29. The van der Waals surface area contributed by atoms with E-state index in [1.54, 1.807) is 6.92 Å². The van der Waals surface area contributed by atoms with E-state index < -0.39 is 6.04 Å². The number of amides is 1. The highest BCUT2D eigenvalue weighted by atomic mass is 16.5. The topological polar surface area (TPSA) is 64.4 Å². The first-order valence-corrected chi connectivity index (χ1v) is 5.11. The normalized spacial score (nSPS) is 28.1. The molecular formula is C10H20N2O2. The van der Waals surface area contributed by atoms with Gasteiger partial charge in [-0.3, -0.25) is 4.79 Å². The molecule has 2 unspecified atom stereocenters. The van der Waals surface area contributed by atoms with Crippen molar-refractivity contribution in [3.8, 4) is 0 Å². The molecule has 1 heterocycles. The average molecular weight is 200 g/mol. The molecule has 0 aromatic rings. The number of nitrogens with two attached hydrogens (primary N) is 1. The summed E-state index contributed by atoms with van der Waals surface area (Å²) in [7, 11) is 0. The molecule has 1 aliphatic rings. The van der Waals surface area contributed by atoms with Crippen LogP contribution in [0.15, 0.2) is 0 Å². The molecule has 0 bridgehead atoms. The predicted molar refractivity (Wildman–Crippen MR) is 54.8 cm³/mol. The van der Waals surface area contributed by atoms with Gasteiger partial charge in [-0.2, -0.15) is 0 Å². The summed E-state index contributed by atoms with van der Waals surface area (Å²) in [6, 6.07) is -0.224. The minimum absolute atomic E-state index is 0.0762. The van der Waals surface area contributed by atoms with E-state index in [-0.39, 0.29) is 17.6 Å². The van der Waals surface area contributed by atoms with Crippen LogP contribution in [0.3, 0.4) is 0 Å². The van der Waals surface area contributed by atoms with Gasteiger partial charge in [0.2, 0.25) is 5.91 Å². The van der Waals surface area contributed by atoms with Crippen molar-refractivity contribution in [2.24, 2.45) is 5.73 Å². The summed E-state index contributed by atoms with van der Waals surface area (Å²) in [5.74, 6) is -0.0762. The monoisotopic (exact) mass is 200 g/mol. The van der Waals surface area contributed by atoms with Crippen LogP contribution in [0.5, 0.6) is 0 Å². The third-order valence-corrected chi connectivity index (χ3v) is 2.46. The lowest BCUT2D eigenvalue weighted by atomic mass is 9.94. The molecule has 1 aliphatic heterocycles. The molecule has 3 N–H and O–H groups in total. The van der Waals surface area contributed by atoms with E-state index in [0.29, 0.717) is 6.61 Å². The van der Waals surface area contributed by atoms with Gasteiger partial charge in [0.1, 0.15) is 0 Å². The summed E-state index contributed by atoms with van der Waals surface area (Å²) < 4.78 is 5.56. The lowest BCUT2D eigenvalue weighted by Crippen LogP contribution is -2.49. The molecule has 4 heteroatoms. The summed E-state index contributed by atoms with van der Waals surface area (Å²) in [6.45, 7) is 6.48. The molecule has 0 saturated carbocycles. The van der Waals surface area contributed by atoms with Crippen LogP contribution in [0, 0.1) is 0 Å². The van der Waals surface area contributed by atoms with E-state index in [2.05, 4.69) is 5.32 Å². The minimum atomic E-state index is -0.430. The molecule has 1 rings (SSSR count). The predicted octanol–water partition coefficient (Wildman–Crippen LogP) is 0.407. The Balaban J connectivity index is 2.42. The standard InChI is InChI=1S/C10H20N2O2/c1-7(11)9(13)12-8-4-5-14-10(2,3)6-8/h7-8H,4-6,11H2,1-3H3,(H,12,13). The Morgan fingerprint density at radius 1 is 1.64 bits per heavy atom. The van der Waals surface area contributed by atoms with Gasteiger partial charge in [-0.1, -0.05) is 0 Å². The summed E-state index contributed by atoms with van der Waals surface area (Å²) in [5, 5.41) is 2.93. The van der Waals surface area contributed by atoms with Crippen molar-refractivity contribution in [1.82, 2.24) is 5.32 Å². The molecule has 14 heavy (non-hydrogen) atoms. The second-order valence-corrected chi connectivity index (χ2v) is 4.60. The second kappa shape index (κ2) is 4.28. The maximum Gasteiger partial charge on any atom is 0.236 e. The van der Waals surface area contributed by atoms with E-state index >= 15 is 0 Å². The zero-order valence-corrected chi connectivity index (χ0v) is 9.17. The minimum Gasteiger partial charge on any atom is -0.375 e. The molecule has 0 radical (unpaired) electrons. The quantitative estimate of drug-likeness (QED) is 0.678. The number of rotatable bonds is 2. The van der Waals surface area contributed by atoms with Crippen LogP contribution in [-0.4, -0.2) is 30.2 Å². The van der Waals surface area contributed by atoms with E-state index in [1.807, 2.05) is 13.8 Å². The zero-order valence-electron chi connectivity index (χ0n) is 9.17. The number of carbonyl (C=O) groups excluding carboxylic acids is 1. The van der Waals surface area contributed by atoms with Crippen LogP contribution >= 0.6 is 0 Å². The molecule has 82 valence electrons. The Kier molecular flexibility index (Phi) is 3.50. The number of ether oxygens (including phenoxy) is 1. The molecule has 0 aromatic heterocycles. The number of hydrogen-bond donors (Lipinski definition) is 2. The van der Waals surface area contributed by atoms with Gasteiger partial charge < -0.3 is 15.8 Å². The van der Waals surface area contributed by atoms with Gasteiger partial charge in [-0.05, 0) is 33.6 Å². The molecule has 1 saturated heterocycles. The van der Waals surface area contributed by atoms with Crippen LogP contribution in [0.25, 0.3) is 0 Å². The maximum atomic E-state index is 11.3. The fourth-order valence-electron chi connectivity index (χ4n) is 1.69. The summed E-state index contributed by atoms with van der Waals surface area (Å²) >= 11 is 0. The van der Waals surface area contributed by atoms with E-state index in [9.17, 15) is 4.79 Å². The summed E-state index contributed by atoms with van der Waals surface area (Å²) in [4.78, 5) is 11.3. The van der Waals surface area contributed by atoms with Gasteiger partial charge in [-0.15, -0.1) is 0 Å². The lowest BCUT2D eigenvalue weighted by Gasteiger charge is -2.36. The van der Waals surface area contributed by atoms with Crippen molar-refractivity contribution in [3.63, 3.8) is 0 Å². The van der Waals surface area contributed by atoms with Crippen molar-refractivity contribution in [1.29, 1.82) is 0 Å². The van der Waals surface area contributed by atoms with Crippen molar-refractivity contribution in [2.75, 3.05) is 6.61 Å². The third kappa shape index (κ3) is 3.27. The molecule has 1 amide bonds. The molecule has 0 spiro atoms. The molecule has 2 atom stereocenters. The van der Waals surface area contributed by atoms with Crippen LogP contribution < -0.4 is 11.1 Å².